The maximum absolute atomic E-state index is 12.0. The third kappa shape index (κ3) is 11.5. The summed E-state index contributed by atoms with van der Waals surface area (Å²) in [6, 6.07) is 10.9. The van der Waals surface area contributed by atoms with Crippen LogP contribution in [0.15, 0.2) is 52.1 Å². The van der Waals surface area contributed by atoms with Crippen molar-refractivity contribution in [1.82, 2.24) is 10.6 Å². The summed E-state index contributed by atoms with van der Waals surface area (Å²) >= 11 is 0. The number of benzene rings is 1. The number of amides is 1. The zero-order valence-electron chi connectivity index (χ0n) is 18.9. The molecule has 0 unspecified atom stereocenters. The molecule has 0 bridgehead atoms. The minimum Gasteiger partial charge on any atom is -0.459 e. The van der Waals surface area contributed by atoms with E-state index in [4.69, 9.17) is 13.9 Å². The van der Waals surface area contributed by atoms with Crippen LogP contribution in [0.4, 0.5) is 5.69 Å². The van der Waals surface area contributed by atoms with Crippen molar-refractivity contribution < 1.29 is 18.7 Å². The van der Waals surface area contributed by atoms with E-state index in [9.17, 15) is 4.79 Å². The van der Waals surface area contributed by atoms with Crippen LogP contribution in [0.5, 0.6) is 0 Å². The number of hydrogen-bond acceptors (Lipinski definition) is 5. The normalized spacial score (nSPS) is 11.0. The molecular formula is C23H35IN4O4. The molecule has 0 saturated carbocycles. The van der Waals surface area contributed by atoms with Crippen LogP contribution in [0.2, 0.25) is 0 Å². The SMILES string of the molecule is CCCCOCCOCCNC(=NCc1ccc(NC(=O)c2ccco2)cc1)NCC.I. The molecule has 0 radical (unpaired) electrons. The van der Waals surface area contributed by atoms with Gasteiger partial charge in [0, 0.05) is 25.4 Å². The van der Waals surface area contributed by atoms with Crippen molar-refractivity contribution in [3.8, 4) is 0 Å². The summed E-state index contributed by atoms with van der Waals surface area (Å²) in [5.74, 6) is 0.743. The van der Waals surface area contributed by atoms with E-state index in [1.165, 1.54) is 6.26 Å². The van der Waals surface area contributed by atoms with Crippen LogP contribution in [0, 0.1) is 0 Å². The first-order valence-electron chi connectivity index (χ1n) is 10.8. The third-order valence-electron chi connectivity index (χ3n) is 4.27. The van der Waals surface area contributed by atoms with Crippen LogP contribution < -0.4 is 16.0 Å². The van der Waals surface area contributed by atoms with Gasteiger partial charge in [-0.3, -0.25) is 4.79 Å². The molecule has 0 atom stereocenters. The van der Waals surface area contributed by atoms with Gasteiger partial charge < -0.3 is 29.8 Å². The summed E-state index contributed by atoms with van der Waals surface area (Å²) in [5, 5.41) is 9.28. The fraction of sp³-hybridized carbons (Fsp3) is 0.478. The van der Waals surface area contributed by atoms with E-state index in [-0.39, 0.29) is 35.6 Å². The lowest BCUT2D eigenvalue weighted by molar-refractivity contribution is 0.0487. The highest BCUT2D eigenvalue weighted by Gasteiger charge is 2.08. The van der Waals surface area contributed by atoms with Gasteiger partial charge >= 0.3 is 0 Å². The van der Waals surface area contributed by atoms with Crippen LogP contribution in [-0.2, 0) is 16.0 Å². The quantitative estimate of drug-likeness (QED) is 0.140. The van der Waals surface area contributed by atoms with Gasteiger partial charge in [0.1, 0.15) is 0 Å². The molecule has 2 aromatic rings. The fourth-order valence-electron chi connectivity index (χ4n) is 2.62. The number of furan rings is 1. The van der Waals surface area contributed by atoms with Crippen molar-refractivity contribution in [3.63, 3.8) is 0 Å². The molecule has 0 aliphatic carbocycles. The van der Waals surface area contributed by atoms with Crippen molar-refractivity contribution in [2.45, 2.75) is 33.2 Å². The molecule has 9 heteroatoms. The van der Waals surface area contributed by atoms with Crippen molar-refractivity contribution in [2.75, 3.05) is 44.8 Å². The molecule has 0 fully saturated rings. The van der Waals surface area contributed by atoms with Gasteiger partial charge in [-0.2, -0.15) is 0 Å². The van der Waals surface area contributed by atoms with E-state index in [1.807, 2.05) is 31.2 Å². The van der Waals surface area contributed by atoms with Crippen molar-refractivity contribution in [2.24, 2.45) is 4.99 Å². The van der Waals surface area contributed by atoms with Gasteiger partial charge in [0.05, 0.1) is 32.6 Å². The third-order valence-corrected chi connectivity index (χ3v) is 4.27. The molecule has 1 heterocycles. The minimum atomic E-state index is -0.274. The number of halogens is 1. The number of carbonyl (C=O) groups is 1. The second-order valence-corrected chi connectivity index (χ2v) is 6.83. The summed E-state index contributed by atoms with van der Waals surface area (Å²) in [4.78, 5) is 16.6. The second kappa shape index (κ2) is 17.4. The maximum atomic E-state index is 12.0. The number of guanidine groups is 1. The topological polar surface area (TPSA) is 97.1 Å². The lowest BCUT2D eigenvalue weighted by atomic mass is 10.2. The number of anilines is 1. The Kier molecular flexibility index (Phi) is 15.2. The second-order valence-electron chi connectivity index (χ2n) is 6.83. The van der Waals surface area contributed by atoms with Gasteiger partial charge in [-0.25, -0.2) is 4.99 Å². The van der Waals surface area contributed by atoms with E-state index in [1.54, 1.807) is 12.1 Å². The highest BCUT2D eigenvalue weighted by Crippen LogP contribution is 2.12. The summed E-state index contributed by atoms with van der Waals surface area (Å²) < 4.78 is 16.1. The average molecular weight is 558 g/mol. The molecule has 2 rings (SSSR count). The Bertz CT molecular complexity index is 767. The van der Waals surface area contributed by atoms with Gasteiger partial charge in [-0.1, -0.05) is 25.5 Å². The van der Waals surface area contributed by atoms with Crippen LogP contribution in [0.25, 0.3) is 0 Å². The molecule has 0 spiro atoms. The van der Waals surface area contributed by atoms with Crippen LogP contribution in [-0.4, -0.2) is 51.4 Å². The first-order chi connectivity index (χ1) is 15.2. The number of carbonyl (C=O) groups excluding carboxylic acids is 1. The molecule has 1 amide bonds. The summed E-state index contributed by atoms with van der Waals surface area (Å²) in [6.07, 6.45) is 3.71. The summed E-state index contributed by atoms with van der Waals surface area (Å²) in [6.45, 7) is 8.75. The Balaban J connectivity index is 0.00000512. The van der Waals surface area contributed by atoms with E-state index in [0.29, 0.717) is 38.6 Å². The first-order valence-corrected chi connectivity index (χ1v) is 10.8. The molecule has 0 aliphatic heterocycles. The number of unbranched alkanes of at least 4 members (excludes halogenated alkanes) is 1. The Morgan fingerprint density at radius 2 is 1.75 bits per heavy atom. The zero-order chi connectivity index (χ0) is 22.2. The molecule has 3 N–H and O–H groups in total. The van der Waals surface area contributed by atoms with Crippen molar-refractivity contribution >= 4 is 41.5 Å². The van der Waals surface area contributed by atoms with Crippen LogP contribution in [0.3, 0.4) is 0 Å². The first kappa shape index (κ1) is 27.9. The molecule has 1 aromatic heterocycles. The number of rotatable bonds is 14. The molecule has 8 nitrogen and oxygen atoms in total. The number of aliphatic imine (C=N–C) groups is 1. The Labute approximate surface area is 207 Å². The molecule has 1 aromatic carbocycles. The minimum absolute atomic E-state index is 0. The van der Waals surface area contributed by atoms with Crippen molar-refractivity contribution in [1.29, 1.82) is 0 Å². The summed E-state index contributed by atoms with van der Waals surface area (Å²) in [5.41, 5.74) is 1.74. The smallest absolute Gasteiger partial charge is 0.291 e. The average Bonchev–Trinajstić information content (AvgIpc) is 3.32. The van der Waals surface area contributed by atoms with E-state index >= 15 is 0 Å². The van der Waals surface area contributed by atoms with Gasteiger partial charge in [-0.05, 0) is 43.2 Å². The predicted octanol–water partition coefficient (Wildman–Crippen LogP) is 4.04. The highest BCUT2D eigenvalue weighted by atomic mass is 127. The van der Waals surface area contributed by atoms with Gasteiger partial charge in [0.2, 0.25) is 0 Å². The standard InChI is InChI=1S/C23H34N4O4.HI/c1-3-5-13-29-16-17-30-15-12-25-23(24-4-2)26-18-19-8-10-20(11-9-19)27-22(28)21-7-6-14-31-21;/h6-11,14H,3-5,12-13,15-18H2,1-2H3,(H,27,28)(H2,24,25,26);1H. The molecule has 32 heavy (non-hydrogen) atoms. The van der Waals surface area contributed by atoms with Gasteiger partial charge in [-0.15, -0.1) is 24.0 Å². The highest BCUT2D eigenvalue weighted by molar-refractivity contribution is 14.0. The molecule has 0 saturated heterocycles. The lowest BCUT2D eigenvalue weighted by Gasteiger charge is -2.12. The molecular weight excluding hydrogens is 523 g/mol. The van der Waals surface area contributed by atoms with Gasteiger partial charge in [0.15, 0.2) is 11.7 Å². The Morgan fingerprint density at radius 3 is 2.41 bits per heavy atom. The largest absolute Gasteiger partial charge is 0.459 e. The van der Waals surface area contributed by atoms with Crippen LogP contribution >= 0.6 is 24.0 Å². The molecule has 0 aliphatic rings. The maximum Gasteiger partial charge on any atom is 0.291 e. The Hall–Kier alpha value is -2.11. The Morgan fingerprint density at radius 1 is 1.00 bits per heavy atom. The van der Waals surface area contributed by atoms with E-state index in [0.717, 1.165) is 37.5 Å². The number of nitrogens with one attached hydrogen (secondary N) is 3. The lowest BCUT2D eigenvalue weighted by Crippen LogP contribution is -2.39. The fourth-order valence-corrected chi connectivity index (χ4v) is 2.62. The zero-order valence-corrected chi connectivity index (χ0v) is 21.2. The van der Waals surface area contributed by atoms with Crippen molar-refractivity contribution in [3.05, 3.63) is 54.0 Å². The van der Waals surface area contributed by atoms with E-state index in [2.05, 4.69) is 27.9 Å². The monoisotopic (exact) mass is 558 g/mol. The van der Waals surface area contributed by atoms with Gasteiger partial charge in [0.25, 0.3) is 5.91 Å². The number of ether oxygens (including phenoxy) is 2. The number of nitrogens with zero attached hydrogens (tertiary/aromatic N) is 1. The predicted molar refractivity (Wildman–Crippen MR) is 138 cm³/mol. The van der Waals surface area contributed by atoms with Crippen LogP contribution in [0.1, 0.15) is 42.8 Å². The number of hydrogen-bond donors (Lipinski definition) is 3. The molecule has 178 valence electrons. The summed E-state index contributed by atoms with van der Waals surface area (Å²) in [7, 11) is 0. The van der Waals surface area contributed by atoms with E-state index < -0.39 is 0 Å².